The molecule has 162 valence electrons. The minimum atomic E-state index is -0.539. The molecule has 0 fully saturated rings. The standard InChI is InChI=1S/C25H29N3O3/c1-17(2)21(27-25(30)31-16-20-13-9-6-10-14-20)23-26-22(18(3)4)24(29)28(23)15-19-11-7-5-8-12-19/h5-14,17,21H,15-16H2,1-4H3,(H,27,30). The van der Waals surface area contributed by atoms with E-state index in [0.717, 1.165) is 16.7 Å². The number of rotatable bonds is 7. The maximum absolute atomic E-state index is 13.1. The van der Waals surface area contributed by atoms with Gasteiger partial charge in [-0.05, 0) is 36.5 Å². The highest BCUT2D eigenvalue weighted by molar-refractivity contribution is 6.14. The van der Waals surface area contributed by atoms with E-state index in [1.807, 2.05) is 88.4 Å². The molecule has 1 aliphatic heterocycles. The summed E-state index contributed by atoms with van der Waals surface area (Å²) in [6.07, 6.45) is -0.539. The Hall–Kier alpha value is -3.41. The van der Waals surface area contributed by atoms with Crippen molar-refractivity contribution in [3.63, 3.8) is 0 Å². The highest BCUT2D eigenvalue weighted by atomic mass is 16.5. The minimum absolute atomic E-state index is 0.00520. The molecule has 3 rings (SSSR count). The Morgan fingerprint density at radius 1 is 1.00 bits per heavy atom. The van der Waals surface area contributed by atoms with E-state index >= 15 is 0 Å². The van der Waals surface area contributed by atoms with Crippen molar-refractivity contribution in [2.24, 2.45) is 10.9 Å². The topological polar surface area (TPSA) is 71.0 Å². The zero-order chi connectivity index (χ0) is 22.4. The molecule has 6 nitrogen and oxygen atoms in total. The number of amides is 2. The Balaban J connectivity index is 1.80. The normalized spacial score (nSPS) is 14.5. The summed E-state index contributed by atoms with van der Waals surface area (Å²) in [5.74, 6) is 0.395. The first-order chi connectivity index (χ1) is 14.9. The third kappa shape index (κ3) is 5.60. The summed E-state index contributed by atoms with van der Waals surface area (Å²) in [7, 11) is 0. The molecule has 2 aromatic rings. The van der Waals surface area contributed by atoms with Crippen LogP contribution in [0.15, 0.2) is 76.9 Å². The van der Waals surface area contributed by atoms with Gasteiger partial charge in [-0.2, -0.15) is 0 Å². The molecule has 0 aliphatic carbocycles. The van der Waals surface area contributed by atoms with Crippen LogP contribution < -0.4 is 5.32 Å². The van der Waals surface area contributed by atoms with Crippen molar-refractivity contribution in [2.75, 3.05) is 0 Å². The van der Waals surface area contributed by atoms with Gasteiger partial charge in [-0.15, -0.1) is 0 Å². The summed E-state index contributed by atoms with van der Waals surface area (Å²) >= 11 is 0. The van der Waals surface area contributed by atoms with Gasteiger partial charge in [0.2, 0.25) is 0 Å². The Morgan fingerprint density at radius 2 is 1.58 bits per heavy atom. The zero-order valence-electron chi connectivity index (χ0n) is 18.5. The number of hydrogen-bond acceptors (Lipinski definition) is 4. The summed E-state index contributed by atoms with van der Waals surface area (Å²) in [4.78, 5) is 31.9. The van der Waals surface area contributed by atoms with E-state index in [2.05, 4.69) is 10.3 Å². The zero-order valence-corrected chi connectivity index (χ0v) is 18.5. The lowest BCUT2D eigenvalue weighted by molar-refractivity contribution is -0.123. The molecule has 0 radical (unpaired) electrons. The Labute approximate surface area is 183 Å². The number of aliphatic imine (C=N–C) groups is 1. The summed E-state index contributed by atoms with van der Waals surface area (Å²) in [6, 6.07) is 18.8. The fourth-order valence-corrected chi connectivity index (χ4v) is 3.36. The number of benzene rings is 2. The first-order valence-electron chi connectivity index (χ1n) is 10.5. The van der Waals surface area contributed by atoms with Gasteiger partial charge in [0.1, 0.15) is 18.1 Å². The molecule has 6 heteroatoms. The molecule has 1 aliphatic rings. The van der Waals surface area contributed by atoms with Gasteiger partial charge in [0, 0.05) is 0 Å². The number of nitrogens with one attached hydrogen (secondary N) is 1. The predicted molar refractivity (Wildman–Crippen MR) is 121 cm³/mol. The van der Waals surface area contributed by atoms with Crippen LogP contribution in [0.3, 0.4) is 0 Å². The number of ether oxygens (including phenoxy) is 1. The number of allylic oxidation sites excluding steroid dienone is 1. The van der Waals surface area contributed by atoms with Crippen LogP contribution in [-0.4, -0.2) is 28.8 Å². The number of carbonyl (C=O) groups excluding carboxylic acids is 2. The highest BCUT2D eigenvalue weighted by Gasteiger charge is 2.37. The molecule has 1 heterocycles. The number of nitrogens with zero attached hydrogens (tertiary/aromatic N) is 2. The van der Waals surface area contributed by atoms with Crippen molar-refractivity contribution in [1.29, 1.82) is 0 Å². The largest absolute Gasteiger partial charge is 0.445 e. The van der Waals surface area contributed by atoms with Gasteiger partial charge in [0.05, 0.1) is 12.6 Å². The fourth-order valence-electron chi connectivity index (χ4n) is 3.36. The third-order valence-corrected chi connectivity index (χ3v) is 5.04. The molecule has 0 saturated heterocycles. The number of amidine groups is 1. The van der Waals surface area contributed by atoms with Crippen LogP contribution in [0.5, 0.6) is 0 Å². The van der Waals surface area contributed by atoms with E-state index in [0.29, 0.717) is 18.1 Å². The lowest BCUT2D eigenvalue weighted by Crippen LogP contribution is -2.50. The number of carbonyl (C=O) groups is 2. The molecule has 2 aromatic carbocycles. The summed E-state index contributed by atoms with van der Waals surface area (Å²) in [5, 5.41) is 2.92. The van der Waals surface area contributed by atoms with Gasteiger partial charge in [-0.3, -0.25) is 9.69 Å². The molecular weight excluding hydrogens is 390 g/mol. The van der Waals surface area contributed by atoms with Crippen LogP contribution in [0.25, 0.3) is 0 Å². The van der Waals surface area contributed by atoms with E-state index in [-0.39, 0.29) is 18.4 Å². The van der Waals surface area contributed by atoms with Crippen molar-refractivity contribution < 1.29 is 14.3 Å². The Morgan fingerprint density at radius 3 is 2.13 bits per heavy atom. The van der Waals surface area contributed by atoms with Crippen molar-refractivity contribution in [2.45, 2.75) is 46.9 Å². The minimum Gasteiger partial charge on any atom is -0.445 e. The fraction of sp³-hybridized carbons (Fsp3) is 0.320. The van der Waals surface area contributed by atoms with Crippen LogP contribution in [0.1, 0.15) is 38.8 Å². The second-order valence-electron chi connectivity index (χ2n) is 8.12. The lowest BCUT2D eigenvalue weighted by Gasteiger charge is -2.28. The van der Waals surface area contributed by atoms with Crippen molar-refractivity contribution in [3.05, 3.63) is 83.1 Å². The average molecular weight is 420 g/mol. The van der Waals surface area contributed by atoms with E-state index in [1.165, 1.54) is 0 Å². The molecule has 1 atom stereocenters. The summed E-state index contributed by atoms with van der Waals surface area (Å²) in [6.45, 7) is 8.26. The summed E-state index contributed by atoms with van der Waals surface area (Å²) in [5.41, 5.74) is 3.17. The maximum atomic E-state index is 13.1. The molecule has 0 saturated carbocycles. The molecule has 1 N–H and O–H groups in total. The van der Waals surface area contributed by atoms with Crippen LogP contribution in [-0.2, 0) is 22.7 Å². The van der Waals surface area contributed by atoms with Gasteiger partial charge < -0.3 is 10.1 Å². The van der Waals surface area contributed by atoms with E-state index in [4.69, 9.17) is 4.74 Å². The number of hydrogen-bond donors (Lipinski definition) is 1. The molecule has 0 spiro atoms. The highest BCUT2D eigenvalue weighted by Crippen LogP contribution is 2.24. The summed E-state index contributed by atoms with van der Waals surface area (Å²) < 4.78 is 5.40. The van der Waals surface area contributed by atoms with Crippen LogP contribution >= 0.6 is 0 Å². The molecule has 31 heavy (non-hydrogen) atoms. The van der Waals surface area contributed by atoms with Crippen LogP contribution in [0, 0.1) is 5.92 Å². The quantitative estimate of drug-likeness (QED) is 0.663. The SMILES string of the molecule is CC(C)=C1N=C(C(NC(=O)OCc2ccccc2)C(C)C)N(Cc2ccccc2)C1=O. The molecule has 2 amide bonds. The molecular formula is C25H29N3O3. The van der Waals surface area contributed by atoms with E-state index in [1.54, 1.807) is 4.90 Å². The number of alkyl carbamates (subject to hydrolysis) is 1. The molecule has 0 bridgehead atoms. The van der Waals surface area contributed by atoms with Gasteiger partial charge in [0.25, 0.3) is 5.91 Å². The Kier molecular flexibility index (Phi) is 7.23. The van der Waals surface area contributed by atoms with Crippen molar-refractivity contribution in [3.8, 4) is 0 Å². The predicted octanol–water partition coefficient (Wildman–Crippen LogP) is 4.67. The van der Waals surface area contributed by atoms with E-state index in [9.17, 15) is 9.59 Å². The van der Waals surface area contributed by atoms with Gasteiger partial charge in [-0.25, -0.2) is 9.79 Å². The average Bonchev–Trinajstić information content (AvgIpc) is 3.08. The monoisotopic (exact) mass is 419 g/mol. The first kappa shape index (κ1) is 22.3. The second kappa shape index (κ2) is 10.1. The van der Waals surface area contributed by atoms with Gasteiger partial charge >= 0.3 is 6.09 Å². The van der Waals surface area contributed by atoms with E-state index < -0.39 is 12.1 Å². The van der Waals surface area contributed by atoms with Crippen molar-refractivity contribution >= 4 is 17.8 Å². The third-order valence-electron chi connectivity index (χ3n) is 5.04. The van der Waals surface area contributed by atoms with Crippen molar-refractivity contribution in [1.82, 2.24) is 10.2 Å². The lowest BCUT2D eigenvalue weighted by atomic mass is 10.0. The van der Waals surface area contributed by atoms with Crippen LogP contribution in [0.4, 0.5) is 4.79 Å². The molecule has 1 unspecified atom stereocenters. The Bertz CT molecular complexity index is 978. The smallest absolute Gasteiger partial charge is 0.408 e. The first-order valence-corrected chi connectivity index (χ1v) is 10.5. The van der Waals surface area contributed by atoms with Crippen LogP contribution in [0.2, 0.25) is 0 Å². The molecule has 0 aromatic heterocycles. The second-order valence-corrected chi connectivity index (χ2v) is 8.12. The van der Waals surface area contributed by atoms with Gasteiger partial charge in [0.15, 0.2) is 0 Å². The maximum Gasteiger partial charge on any atom is 0.408 e. The van der Waals surface area contributed by atoms with Gasteiger partial charge in [-0.1, -0.05) is 74.5 Å².